The highest BCUT2D eigenvalue weighted by Crippen LogP contribution is 2.29. The predicted molar refractivity (Wildman–Crippen MR) is 108 cm³/mol. The van der Waals surface area contributed by atoms with E-state index in [-0.39, 0.29) is 17.8 Å². The molecule has 0 aromatic heterocycles. The summed E-state index contributed by atoms with van der Waals surface area (Å²) in [5.74, 6) is -0.396. The van der Waals surface area contributed by atoms with Gasteiger partial charge in [-0.3, -0.25) is 9.69 Å². The summed E-state index contributed by atoms with van der Waals surface area (Å²) >= 11 is 0. The number of likely N-dealkylation sites (tertiary alicyclic amines) is 1. The van der Waals surface area contributed by atoms with E-state index in [0.29, 0.717) is 6.54 Å². The number of rotatable bonds is 7. The van der Waals surface area contributed by atoms with Gasteiger partial charge in [0, 0.05) is 5.54 Å². The van der Waals surface area contributed by atoms with Gasteiger partial charge < -0.3 is 25.7 Å². The number of aliphatic hydroxyl groups excluding tert-OH is 4. The molecule has 1 aliphatic heterocycles. The summed E-state index contributed by atoms with van der Waals surface area (Å²) < 4.78 is 0. The zero-order chi connectivity index (χ0) is 20.3. The van der Waals surface area contributed by atoms with E-state index >= 15 is 0 Å². The molecule has 5 N–H and O–H groups in total. The fourth-order valence-corrected chi connectivity index (χ4v) is 4.16. The molecule has 0 bridgehead atoms. The zero-order valence-corrected chi connectivity index (χ0v) is 18.3. The van der Waals surface area contributed by atoms with Gasteiger partial charge in [-0.1, -0.05) is 34.1 Å². The zero-order valence-electron chi connectivity index (χ0n) is 17.5. The van der Waals surface area contributed by atoms with Crippen LogP contribution in [-0.2, 0) is 4.79 Å². The normalized spacial score (nSPS) is 29.9. The molecule has 1 aliphatic rings. The summed E-state index contributed by atoms with van der Waals surface area (Å²) in [7, 11) is 0. The highest BCUT2D eigenvalue weighted by molar-refractivity contribution is 5.85. The van der Waals surface area contributed by atoms with Gasteiger partial charge >= 0.3 is 0 Å². The Morgan fingerprint density at radius 2 is 1.59 bits per heavy atom. The van der Waals surface area contributed by atoms with Crippen molar-refractivity contribution in [2.45, 2.75) is 96.7 Å². The number of amides is 1. The molecule has 1 fully saturated rings. The molecule has 8 heteroatoms. The van der Waals surface area contributed by atoms with Crippen molar-refractivity contribution in [3.05, 3.63) is 0 Å². The summed E-state index contributed by atoms with van der Waals surface area (Å²) in [6.07, 6.45) is -1.85. The lowest BCUT2D eigenvalue weighted by molar-refractivity contribution is -0.179. The molecule has 162 valence electrons. The predicted octanol–water partition coefficient (Wildman–Crippen LogP) is 0.667. The molecule has 1 amide bonds. The van der Waals surface area contributed by atoms with Crippen LogP contribution in [0.4, 0.5) is 0 Å². The van der Waals surface area contributed by atoms with E-state index in [1.54, 1.807) is 4.90 Å². The van der Waals surface area contributed by atoms with Crippen molar-refractivity contribution in [3.8, 4) is 0 Å². The SMILES string of the molecule is CCCCN1[C@@H](CO)[C@@H](O)[C@H](O)[C@@H](O)[C@@H]1C(=O)NC(C)(C)CC(C)(C)C.Cl. The summed E-state index contributed by atoms with van der Waals surface area (Å²) in [6, 6.07) is -1.81. The Morgan fingerprint density at radius 1 is 1.04 bits per heavy atom. The molecular formula is C19H39ClN2O5. The van der Waals surface area contributed by atoms with Crippen molar-refractivity contribution in [2.75, 3.05) is 13.2 Å². The number of carbonyl (C=O) groups excluding carboxylic acids is 1. The number of unbranched alkanes of at least 4 members (excludes halogenated alkanes) is 1. The van der Waals surface area contributed by atoms with Crippen LogP contribution in [0.5, 0.6) is 0 Å². The molecule has 7 nitrogen and oxygen atoms in total. The number of nitrogens with one attached hydrogen (secondary N) is 1. The first-order valence-corrected chi connectivity index (χ1v) is 9.57. The van der Waals surface area contributed by atoms with Crippen molar-refractivity contribution < 1.29 is 25.2 Å². The Hall–Kier alpha value is -0.440. The average Bonchev–Trinajstić information content (AvgIpc) is 2.47. The number of hydrogen-bond donors (Lipinski definition) is 5. The van der Waals surface area contributed by atoms with Crippen LogP contribution in [0, 0.1) is 5.41 Å². The highest BCUT2D eigenvalue weighted by atomic mass is 35.5. The third-order valence-corrected chi connectivity index (χ3v) is 4.86. The molecule has 0 unspecified atom stereocenters. The molecule has 0 spiro atoms. The topological polar surface area (TPSA) is 113 Å². The molecule has 0 saturated carbocycles. The van der Waals surface area contributed by atoms with Gasteiger partial charge in [0.2, 0.25) is 5.91 Å². The van der Waals surface area contributed by atoms with Gasteiger partial charge in [-0.2, -0.15) is 0 Å². The number of halogens is 1. The van der Waals surface area contributed by atoms with E-state index in [0.717, 1.165) is 19.3 Å². The second-order valence-electron chi connectivity index (χ2n) is 9.37. The minimum absolute atomic E-state index is 0. The fraction of sp³-hybridized carbons (Fsp3) is 0.947. The first kappa shape index (κ1) is 26.6. The maximum atomic E-state index is 13.0. The standard InChI is InChI=1S/C19H38N2O5.ClH/c1-7-8-9-21-12(10-22)14(23)16(25)15(24)13(21)17(26)20-19(5,6)11-18(2,3)4;/h12-16,22-25H,7-11H2,1-6H3,(H,20,26);1H/t12-,13+,14+,15-,16-;/m0./s1. The smallest absolute Gasteiger partial charge is 0.240 e. The Balaban J connectivity index is 0.00000676. The van der Waals surface area contributed by atoms with Crippen molar-refractivity contribution >= 4 is 18.3 Å². The molecule has 1 heterocycles. The van der Waals surface area contributed by atoms with Gasteiger partial charge in [0.05, 0.1) is 12.6 Å². The monoisotopic (exact) mass is 410 g/mol. The third-order valence-electron chi connectivity index (χ3n) is 4.86. The maximum absolute atomic E-state index is 13.0. The lowest BCUT2D eigenvalue weighted by atomic mass is 9.81. The number of carbonyl (C=O) groups is 1. The van der Waals surface area contributed by atoms with Crippen LogP contribution in [0.1, 0.15) is 60.8 Å². The van der Waals surface area contributed by atoms with Gasteiger partial charge in [-0.25, -0.2) is 0 Å². The quantitative estimate of drug-likeness (QED) is 0.421. The molecule has 0 aliphatic carbocycles. The van der Waals surface area contributed by atoms with Gasteiger partial charge in [-0.05, 0) is 38.6 Å². The van der Waals surface area contributed by atoms with E-state index in [1.807, 2.05) is 20.8 Å². The average molecular weight is 411 g/mol. The van der Waals surface area contributed by atoms with Crippen LogP contribution in [0.25, 0.3) is 0 Å². The van der Waals surface area contributed by atoms with Crippen LogP contribution in [-0.4, -0.2) is 80.3 Å². The molecule has 1 saturated heterocycles. The van der Waals surface area contributed by atoms with Crippen LogP contribution in [0.3, 0.4) is 0 Å². The lowest BCUT2D eigenvalue weighted by Crippen LogP contribution is -2.71. The molecule has 5 atom stereocenters. The Bertz CT molecular complexity index is 470. The van der Waals surface area contributed by atoms with E-state index < -0.39 is 48.4 Å². The van der Waals surface area contributed by atoms with E-state index in [4.69, 9.17) is 0 Å². The first-order valence-electron chi connectivity index (χ1n) is 9.57. The number of piperidine rings is 1. The minimum Gasteiger partial charge on any atom is -0.395 e. The molecular weight excluding hydrogens is 372 g/mol. The van der Waals surface area contributed by atoms with E-state index in [2.05, 4.69) is 26.1 Å². The van der Waals surface area contributed by atoms with Gasteiger partial charge in [0.25, 0.3) is 0 Å². The molecule has 27 heavy (non-hydrogen) atoms. The lowest BCUT2D eigenvalue weighted by Gasteiger charge is -2.48. The molecule has 0 aromatic carbocycles. The van der Waals surface area contributed by atoms with Crippen molar-refractivity contribution in [2.24, 2.45) is 5.41 Å². The van der Waals surface area contributed by atoms with Crippen LogP contribution in [0.15, 0.2) is 0 Å². The largest absolute Gasteiger partial charge is 0.395 e. The summed E-state index contributed by atoms with van der Waals surface area (Å²) in [6.45, 7) is 12.2. The second kappa shape index (κ2) is 10.4. The maximum Gasteiger partial charge on any atom is 0.240 e. The van der Waals surface area contributed by atoms with Gasteiger partial charge in [0.1, 0.15) is 24.4 Å². The van der Waals surface area contributed by atoms with Crippen molar-refractivity contribution in [3.63, 3.8) is 0 Å². The van der Waals surface area contributed by atoms with Crippen molar-refractivity contribution in [1.29, 1.82) is 0 Å². The van der Waals surface area contributed by atoms with Gasteiger partial charge in [-0.15, -0.1) is 12.4 Å². The summed E-state index contributed by atoms with van der Waals surface area (Å²) in [4.78, 5) is 14.6. The van der Waals surface area contributed by atoms with Crippen LogP contribution >= 0.6 is 12.4 Å². The van der Waals surface area contributed by atoms with Crippen LogP contribution < -0.4 is 5.32 Å². The van der Waals surface area contributed by atoms with Crippen LogP contribution in [0.2, 0.25) is 0 Å². The number of aliphatic hydroxyl groups is 4. The third kappa shape index (κ3) is 7.15. The first-order chi connectivity index (χ1) is 11.8. The highest BCUT2D eigenvalue weighted by Gasteiger charge is 2.50. The Morgan fingerprint density at radius 3 is 2.04 bits per heavy atom. The van der Waals surface area contributed by atoms with Gasteiger partial charge in [0.15, 0.2) is 0 Å². The number of hydrogen-bond acceptors (Lipinski definition) is 6. The molecule has 0 aromatic rings. The van der Waals surface area contributed by atoms with Crippen molar-refractivity contribution in [1.82, 2.24) is 10.2 Å². The summed E-state index contributed by atoms with van der Waals surface area (Å²) in [5, 5.41) is 43.6. The minimum atomic E-state index is -1.48. The summed E-state index contributed by atoms with van der Waals surface area (Å²) in [5.41, 5.74) is -0.492. The van der Waals surface area contributed by atoms with E-state index in [1.165, 1.54) is 0 Å². The Kier molecular flexibility index (Phi) is 10.2. The van der Waals surface area contributed by atoms with E-state index in [9.17, 15) is 25.2 Å². The molecule has 0 radical (unpaired) electrons. The second-order valence-corrected chi connectivity index (χ2v) is 9.37. The molecule has 1 rings (SSSR count). The fourth-order valence-electron chi connectivity index (χ4n) is 4.16. The number of nitrogens with zero attached hydrogens (tertiary/aromatic N) is 1. The Labute approximate surface area is 169 Å².